The SMILES string of the molecule is COC(=O)c1cc2cc(CC(C)N)ccc2[nH]1. The van der Waals surface area contributed by atoms with Crippen LogP contribution in [0.5, 0.6) is 0 Å². The van der Waals surface area contributed by atoms with Crippen LogP contribution >= 0.6 is 0 Å². The fraction of sp³-hybridized carbons (Fsp3) is 0.308. The molecule has 0 aliphatic rings. The monoisotopic (exact) mass is 232 g/mol. The molecule has 17 heavy (non-hydrogen) atoms. The number of esters is 1. The van der Waals surface area contributed by atoms with E-state index < -0.39 is 0 Å². The van der Waals surface area contributed by atoms with Crippen LogP contribution in [0, 0.1) is 0 Å². The number of fused-ring (bicyclic) bond motifs is 1. The number of hydrogen-bond donors (Lipinski definition) is 2. The van der Waals surface area contributed by atoms with Gasteiger partial charge in [-0.15, -0.1) is 0 Å². The molecule has 0 bridgehead atoms. The number of carbonyl (C=O) groups is 1. The summed E-state index contributed by atoms with van der Waals surface area (Å²) in [6.07, 6.45) is 0.828. The lowest BCUT2D eigenvalue weighted by Gasteiger charge is -2.04. The van der Waals surface area contributed by atoms with Crippen LogP contribution in [0.25, 0.3) is 10.9 Å². The van der Waals surface area contributed by atoms with Crippen LogP contribution in [-0.4, -0.2) is 24.1 Å². The zero-order valence-electron chi connectivity index (χ0n) is 9.99. The van der Waals surface area contributed by atoms with Gasteiger partial charge in [-0.1, -0.05) is 6.07 Å². The molecule has 0 fully saturated rings. The Morgan fingerprint density at radius 3 is 2.88 bits per heavy atom. The average molecular weight is 232 g/mol. The number of rotatable bonds is 3. The van der Waals surface area contributed by atoms with Crippen LogP contribution in [0.15, 0.2) is 24.3 Å². The fourth-order valence-electron chi connectivity index (χ4n) is 1.90. The van der Waals surface area contributed by atoms with Crippen LogP contribution in [-0.2, 0) is 11.2 Å². The zero-order chi connectivity index (χ0) is 12.4. The molecule has 1 heterocycles. The van der Waals surface area contributed by atoms with Crippen molar-refractivity contribution < 1.29 is 9.53 Å². The molecule has 0 amide bonds. The Hall–Kier alpha value is -1.81. The first-order valence-corrected chi connectivity index (χ1v) is 5.55. The van der Waals surface area contributed by atoms with E-state index in [-0.39, 0.29) is 12.0 Å². The lowest BCUT2D eigenvalue weighted by Crippen LogP contribution is -2.17. The molecule has 0 saturated heterocycles. The molecule has 3 N–H and O–H groups in total. The Balaban J connectivity index is 2.37. The molecule has 90 valence electrons. The standard InChI is InChI=1S/C13H16N2O2/c1-8(14)5-9-3-4-11-10(6-9)7-12(15-11)13(16)17-2/h3-4,6-8,15H,5,14H2,1-2H3. The first-order chi connectivity index (χ1) is 8.10. The molecule has 4 nitrogen and oxygen atoms in total. The Bertz CT molecular complexity index is 543. The lowest BCUT2D eigenvalue weighted by molar-refractivity contribution is 0.0595. The maximum absolute atomic E-state index is 11.4. The Morgan fingerprint density at radius 1 is 1.47 bits per heavy atom. The van der Waals surface area contributed by atoms with Gasteiger partial charge in [0, 0.05) is 16.9 Å². The summed E-state index contributed by atoms with van der Waals surface area (Å²) in [5.74, 6) is -0.352. The predicted octanol–water partition coefficient (Wildman–Crippen LogP) is 1.84. The van der Waals surface area contributed by atoms with E-state index in [9.17, 15) is 4.79 Å². The lowest BCUT2D eigenvalue weighted by atomic mass is 10.1. The van der Waals surface area contributed by atoms with E-state index in [0.717, 1.165) is 17.3 Å². The molecule has 2 rings (SSSR count). The molecule has 0 aliphatic carbocycles. The summed E-state index contributed by atoms with van der Waals surface area (Å²) in [7, 11) is 1.37. The van der Waals surface area contributed by atoms with Crippen LogP contribution in [0.4, 0.5) is 0 Å². The summed E-state index contributed by atoms with van der Waals surface area (Å²) in [4.78, 5) is 14.4. The van der Waals surface area contributed by atoms with Crippen LogP contribution in [0.1, 0.15) is 23.0 Å². The number of benzene rings is 1. The van der Waals surface area contributed by atoms with Crippen molar-refractivity contribution in [2.24, 2.45) is 5.73 Å². The number of carbonyl (C=O) groups excluding carboxylic acids is 1. The van der Waals surface area contributed by atoms with E-state index in [2.05, 4.69) is 9.72 Å². The molecule has 1 atom stereocenters. The first-order valence-electron chi connectivity index (χ1n) is 5.55. The molecule has 4 heteroatoms. The Labute approximate surface area is 99.8 Å². The van der Waals surface area contributed by atoms with Crippen molar-refractivity contribution in [3.8, 4) is 0 Å². The zero-order valence-corrected chi connectivity index (χ0v) is 9.99. The molecule has 0 saturated carbocycles. The van der Waals surface area contributed by atoms with Crippen molar-refractivity contribution in [2.75, 3.05) is 7.11 Å². The highest BCUT2D eigenvalue weighted by Gasteiger charge is 2.09. The van der Waals surface area contributed by atoms with Gasteiger partial charge in [-0.3, -0.25) is 0 Å². The third kappa shape index (κ3) is 2.47. The van der Waals surface area contributed by atoms with Gasteiger partial charge < -0.3 is 15.5 Å². The Kier molecular flexibility index (Phi) is 3.15. The molecular formula is C13H16N2O2. The van der Waals surface area contributed by atoms with E-state index in [1.54, 1.807) is 6.07 Å². The van der Waals surface area contributed by atoms with Crippen molar-refractivity contribution in [3.05, 3.63) is 35.5 Å². The molecule has 0 aliphatic heterocycles. The number of nitrogens with two attached hydrogens (primary N) is 1. The second-order valence-corrected chi connectivity index (χ2v) is 4.28. The van der Waals surface area contributed by atoms with Gasteiger partial charge in [-0.05, 0) is 37.1 Å². The average Bonchev–Trinajstić information content (AvgIpc) is 2.70. The normalized spacial score (nSPS) is 12.6. The van der Waals surface area contributed by atoms with Crippen LogP contribution in [0.3, 0.4) is 0 Å². The van der Waals surface area contributed by atoms with Gasteiger partial charge in [0.15, 0.2) is 0 Å². The minimum absolute atomic E-state index is 0.131. The second-order valence-electron chi connectivity index (χ2n) is 4.28. The quantitative estimate of drug-likeness (QED) is 0.793. The smallest absolute Gasteiger partial charge is 0.354 e. The summed E-state index contributed by atoms with van der Waals surface area (Å²) in [5, 5.41) is 1.00. The van der Waals surface area contributed by atoms with Crippen LogP contribution in [0.2, 0.25) is 0 Å². The number of H-pyrrole nitrogens is 1. The Morgan fingerprint density at radius 2 is 2.24 bits per heavy atom. The van der Waals surface area contributed by atoms with Crippen molar-refractivity contribution in [1.82, 2.24) is 4.98 Å². The summed E-state index contributed by atoms with van der Waals surface area (Å²) in [5.41, 5.74) is 8.33. The third-order valence-electron chi connectivity index (χ3n) is 2.65. The minimum atomic E-state index is -0.352. The van der Waals surface area contributed by atoms with Gasteiger partial charge in [0.2, 0.25) is 0 Å². The molecule has 1 aromatic heterocycles. The van der Waals surface area contributed by atoms with E-state index >= 15 is 0 Å². The molecule has 0 spiro atoms. The minimum Gasteiger partial charge on any atom is -0.464 e. The highest BCUT2D eigenvalue weighted by Crippen LogP contribution is 2.18. The van der Waals surface area contributed by atoms with Gasteiger partial charge >= 0.3 is 5.97 Å². The van der Waals surface area contributed by atoms with Crippen LogP contribution < -0.4 is 5.73 Å². The molecule has 0 radical (unpaired) electrons. The maximum atomic E-state index is 11.4. The highest BCUT2D eigenvalue weighted by molar-refractivity contribution is 5.94. The van der Waals surface area contributed by atoms with E-state index in [0.29, 0.717) is 5.69 Å². The van der Waals surface area contributed by atoms with Gasteiger partial charge in [0.05, 0.1) is 7.11 Å². The number of aromatic amines is 1. The summed E-state index contributed by atoms with van der Waals surface area (Å²) in [6, 6.07) is 7.95. The van der Waals surface area contributed by atoms with Gasteiger partial charge in [0.1, 0.15) is 5.69 Å². The number of aromatic nitrogens is 1. The largest absolute Gasteiger partial charge is 0.464 e. The summed E-state index contributed by atoms with van der Waals surface area (Å²) in [6.45, 7) is 1.97. The third-order valence-corrected chi connectivity index (χ3v) is 2.65. The van der Waals surface area contributed by atoms with E-state index in [1.165, 1.54) is 12.7 Å². The molecule has 2 aromatic rings. The summed E-state index contributed by atoms with van der Waals surface area (Å²) < 4.78 is 4.67. The number of nitrogens with one attached hydrogen (secondary N) is 1. The first kappa shape index (κ1) is 11.7. The van der Waals surface area contributed by atoms with Crippen molar-refractivity contribution in [2.45, 2.75) is 19.4 Å². The number of methoxy groups -OCH3 is 1. The highest BCUT2D eigenvalue weighted by atomic mass is 16.5. The summed E-state index contributed by atoms with van der Waals surface area (Å²) >= 11 is 0. The second kappa shape index (κ2) is 4.59. The van der Waals surface area contributed by atoms with Gasteiger partial charge in [-0.25, -0.2) is 4.79 Å². The van der Waals surface area contributed by atoms with E-state index in [4.69, 9.17) is 5.73 Å². The topological polar surface area (TPSA) is 68.1 Å². The van der Waals surface area contributed by atoms with Gasteiger partial charge in [0.25, 0.3) is 0 Å². The number of hydrogen-bond acceptors (Lipinski definition) is 3. The molecule has 1 aromatic carbocycles. The molecule has 1 unspecified atom stereocenters. The van der Waals surface area contributed by atoms with Crippen molar-refractivity contribution in [3.63, 3.8) is 0 Å². The van der Waals surface area contributed by atoms with E-state index in [1.807, 2.05) is 25.1 Å². The van der Waals surface area contributed by atoms with Crippen molar-refractivity contribution in [1.29, 1.82) is 0 Å². The van der Waals surface area contributed by atoms with Crippen molar-refractivity contribution >= 4 is 16.9 Å². The molecular weight excluding hydrogens is 216 g/mol. The predicted molar refractivity (Wildman–Crippen MR) is 67.0 cm³/mol. The fourth-order valence-corrected chi connectivity index (χ4v) is 1.90. The maximum Gasteiger partial charge on any atom is 0.354 e. The number of ether oxygens (including phenoxy) is 1. The van der Waals surface area contributed by atoms with Gasteiger partial charge in [-0.2, -0.15) is 0 Å².